The minimum absolute atomic E-state index is 0.124. The molecule has 0 aliphatic carbocycles. The van der Waals surface area contributed by atoms with Crippen LogP contribution in [-0.2, 0) is 4.74 Å². The minimum Gasteiger partial charge on any atom is -0.482 e. The number of halogens is 1. The third kappa shape index (κ3) is 3.12. The average molecular weight is 391 g/mol. The number of fused-ring (bicyclic) bond motifs is 1. The zero-order chi connectivity index (χ0) is 19.8. The van der Waals surface area contributed by atoms with Crippen LogP contribution >= 0.6 is 0 Å². The van der Waals surface area contributed by atoms with Gasteiger partial charge in [-0.3, -0.25) is 0 Å². The van der Waals surface area contributed by atoms with Gasteiger partial charge in [-0.1, -0.05) is 24.3 Å². The summed E-state index contributed by atoms with van der Waals surface area (Å²) >= 11 is 0. The number of rotatable bonds is 4. The number of methoxy groups -OCH3 is 1. The second-order valence-electron chi connectivity index (χ2n) is 7.24. The highest BCUT2D eigenvalue weighted by Gasteiger charge is 2.28. The maximum Gasteiger partial charge on any atom is 0.193 e. The van der Waals surface area contributed by atoms with Crippen LogP contribution in [0, 0.1) is 5.82 Å². The van der Waals surface area contributed by atoms with Crippen LogP contribution in [0.1, 0.15) is 24.4 Å². The van der Waals surface area contributed by atoms with Crippen LogP contribution in [0.4, 0.5) is 15.9 Å². The van der Waals surface area contributed by atoms with Crippen LogP contribution in [0.2, 0.25) is 0 Å². The van der Waals surface area contributed by atoms with Crippen LogP contribution in [-0.4, -0.2) is 34.8 Å². The highest BCUT2D eigenvalue weighted by Crippen LogP contribution is 2.36. The Labute approximate surface area is 168 Å². The third-order valence-electron chi connectivity index (χ3n) is 5.55. The van der Waals surface area contributed by atoms with Gasteiger partial charge in [0, 0.05) is 19.3 Å². The number of nitrogens with zero attached hydrogens (tertiary/aromatic N) is 5. The molecule has 7 heteroatoms. The third-order valence-corrected chi connectivity index (χ3v) is 5.55. The molecular formula is C22H22FN5O. The number of ether oxygens (including phenoxy) is 1. The summed E-state index contributed by atoms with van der Waals surface area (Å²) in [5.74, 6) is 1.43. The van der Waals surface area contributed by atoms with Gasteiger partial charge in [-0.25, -0.2) is 13.9 Å². The molecule has 6 nitrogen and oxygen atoms in total. The summed E-state index contributed by atoms with van der Waals surface area (Å²) in [5, 5.41) is 4.46. The van der Waals surface area contributed by atoms with E-state index >= 15 is 0 Å². The first-order chi connectivity index (χ1) is 14.2. The highest BCUT2D eigenvalue weighted by molar-refractivity contribution is 5.72. The van der Waals surface area contributed by atoms with Crippen LogP contribution in [0.25, 0.3) is 5.65 Å². The quantitative estimate of drug-likeness (QED) is 0.671. The second-order valence-corrected chi connectivity index (χ2v) is 7.24. The Morgan fingerprint density at radius 2 is 2.17 bits per heavy atom. The van der Waals surface area contributed by atoms with Gasteiger partial charge in [0.05, 0.1) is 19.3 Å². The summed E-state index contributed by atoms with van der Waals surface area (Å²) in [7, 11) is 1.66. The molecule has 1 atom stereocenters. The Hall–Kier alpha value is -3.35. The lowest BCUT2D eigenvalue weighted by atomic mass is 10.0. The molecule has 1 aromatic carbocycles. The summed E-state index contributed by atoms with van der Waals surface area (Å²) in [6, 6.07) is 8.98. The lowest BCUT2D eigenvalue weighted by Crippen LogP contribution is -2.26. The monoisotopic (exact) mass is 391 g/mol. The molecule has 2 aromatic heterocycles. The molecule has 29 heavy (non-hydrogen) atoms. The van der Waals surface area contributed by atoms with Gasteiger partial charge in [0.2, 0.25) is 0 Å². The van der Waals surface area contributed by atoms with E-state index in [2.05, 4.69) is 16.1 Å². The van der Waals surface area contributed by atoms with Gasteiger partial charge in [0.25, 0.3) is 0 Å². The van der Waals surface area contributed by atoms with Gasteiger partial charge in [-0.2, -0.15) is 5.10 Å². The van der Waals surface area contributed by atoms with Gasteiger partial charge in [-0.05, 0) is 42.7 Å². The summed E-state index contributed by atoms with van der Waals surface area (Å²) in [6.45, 7) is 1.59. The second kappa shape index (κ2) is 7.24. The van der Waals surface area contributed by atoms with E-state index in [1.54, 1.807) is 23.8 Å². The highest BCUT2D eigenvalue weighted by atomic mass is 19.1. The number of hydrogen-bond acceptors (Lipinski definition) is 5. The lowest BCUT2D eigenvalue weighted by Gasteiger charge is -2.27. The Kier molecular flexibility index (Phi) is 4.42. The topological polar surface area (TPSA) is 45.9 Å². The summed E-state index contributed by atoms with van der Waals surface area (Å²) < 4.78 is 21.1. The average Bonchev–Trinajstić information content (AvgIpc) is 3.40. The minimum atomic E-state index is -0.201. The predicted octanol–water partition coefficient (Wildman–Crippen LogP) is 4.07. The van der Waals surface area contributed by atoms with Crippen molar-refractivity contribution in [3.8, 4) is 0 Å². The van der Waals surface area contributed by atoms with Gasteiger partial charge in [-0.15, -0.1) is 0 Å². The molecule has 2 aliphatic heterocycles. The molecule has 2 aliphatic rings. The number of benzene rings is 1. The van der Waals surface area contributed by atoms with Crippen molar-refractivity contribution in [2.24, 2.45) is 0 Å². The van der Waals surface area contributed by atoms with Crippen molar-refractivity contribution in [2.75, 3.05) is 30.0 Å². The van der Waals surface area contributed by atoms with Gasteiger partial charge in [0.1, 0.15) is 17.3 Å². The van der Waals surface area contributed by atoms with Gasteiger partial charge < -0.3 is 14.5 Å². The Balaban J connectivity index is 1.53. The maximum absolute atomic E-state index is 13.8. The summed E-state index contributed by atoms with van der Waals surface area (Å²) in [4.78, 5) is 9.25. The molecule has 0 N–H and O–H groups in total. The molecule has 1 fully saturated rings. The first-order valence-electron chi connectivity index (χ1n) is 9.79. The van der Waals surface area contributed by atoms with Crippen LogP contribution in [0.5, 0.6) is 0 Å². The standard InChI is InChI=1S/C22H22FN5O/c1-29-21-9-2-3-11-27(21)19-15-24-28-13-10-20(25-22(19)28)26-12-5-8-18(26)16-6-4-7-17(23)14-16/h2-4,6-7,9-10,13-15,18H,5,8,11-12H2,1H3/t18-/m1/s1. The van der Waals surface area contributed by atoms with E-state index < -0.39 is 0 Å². The van der Waals surface area contributed by atoms with Crippen molar-refractivity contribution in [1.29, 1.82) is 0 Å². The number of anilines is 2. The normalized spacial score (nSPS) is 19.1. The Bertz CT molecular complexity index is 1110. The van der Waals surface area contributed by atoms with E-state index in [0.29, 0.717) is 6.54 Å². The lowest BCUT2D eigenvalue weighted by molar-refractivity contribution is 0.280. The SMILES string of the molecule is COC1=CC=CCN1c1cnn2ccc(N3CCC[C@@H]3c3cccc(F)c3)nc12. The first-order valence-corrected chi connectivity index (χ1v) is 9.79. The fourth-order valence-corrected chi connectivity index (χ4v) is 4.19. The molecule has 0 unspecified atom stereocenters. The van der Waals surface area contributed by atoms with E-state index in [4.69, 9.17) is 9.72 Å². The molecule has 0 spiro atoms. The molecule has 1 saturated heterocycles. The first kappa shape index (κ1) is 17.7. The van der Waals surface area contributed by atoms with E-state index in [-0.39, 0.29) is 11.9 Å². The van der Waals surface area contributed by atoms with Gasteiger partial charge in [0.15, 0.2) is 11.5 Å². The Morgan fingerprint density at radius 3 is 3.03 bits per heavy atom. The molecule has 4 heterocycles. The van der Waals surface area contributed by atoms with E-state index in [1.807, 2.05) is 41.6 Å². The van der Waals surface area contributed by atoms with Crippen molar-refractivity contribution in [3.63, 3.8) is 0 Å². The zero-order valence-electron chi connectivity index (χ0n) is 16.2. The van der Waals surface area contributed by atoms with E-state index in [0.717, 1.165) is 48.0 Å². The molecule has 0 bridgehead atoms. The van der Waals surface area contributed by atoms with Crippen molar-refractivity contribution >= 4 is 17.2 Å². The largest absolute Gasteiger partial charge is 0.482 e. The van der Waals surface area contributed by atoms with Gasteiger partial charge >= 0.3 is 0 Å². The molecule has 0 amide bonds. The molecule has 3 aromatic rings. The fraction of sp³-hybridized carbons (Fsp3) is 0.273. The number of aromatic nitrogens is 3. The van der Waals surface area contributed by atoms with Crippen molar-refractivity contribution < 1.29 is 9.13 Å². The van der Waals surface area contributed by atoms with Crippen molar-refractivity contribution in [2.45, 2.75) is 18.9 Å². The maximum atomic E-state index is 13.8. The molecule has 148 valence electrons. The van der Waals surface area contributed by atoms with Crippen molar-refractivity contribution in [1.82, 2.24) is 14.6 Å². The predicted molar refractivity (Wildman–Crippen MR) is 110 cm³/mol. The summed E-state index contributed by atoms with van der Waals surface area (Å²) in [5.41, 5.74) is 2.65. The molecular weight excluding hydrogens is 369 g/mol. The zero-order valence-corrected chi connectivity index (χ0v) is 16.2. The van der Waals surface area contributed by atoms with E-state index in [1.165, 1.54) is 6.07 Å². The van der Waals surface area contributed by atoms with Crippen LogP contribution in [0.15, 0.2) is 66.8 Å². The van der Waals surface area contributed by atoms with Crippen molar-refractivity contribution in [3.05, 3.63) is 78.2 Å². The smallest absolute Gasteiger partial charge is 0.193 e. The van der Waals surface area contributed by atoms with Crippen LogP contribution in [0.3, 0.4) is 0 Å². The van der Waals surface area contributed by atoms with Crippen LogP contribution < -0.4 is 9.80 Å². The molecule has 0 saturated carbocycles. The summed E-state index contributed by atoms with van der Waals surface area (Å²) in [6.07, 6.45) is 11.7. The van der Waals surface area contributed by atoms with E-state index in [9.17, 15) is 4.39 Å². The number of hydrogen-bond donors (Lipinski definition) is 0. The molecule has 5 rings (SSSR count). The Morgan fingerprint density at radius 1 is 1.24 bits per heavy atom. The fourth-order valence-electron chi connectivity index (χ4n) is 4.19. The molecule has 0 radical (unpaired) electrons. The number of allylic oxidation sites excluding steroid dienone is 2.